The highest BCUT2D eigenvalue weighted by atomic mass is 19.4. The summed E-state index contributed by atoms with van der Waals surface area (Å²) in [6.45, 7) is 1.75. The molecule has 9 heteroatoms. The average Bonchev–Trinajstić information content (AvgIpc) is 2.61. The fraction of sp³-hybridized carbons (Fsp3) is 0.263. The number of ketones is 1. The predicted octanol–water partition coefficient (Wildman–Crippen LogP) is 2.80. The Morgan fingerprint density at radius 2 is 1.64 bits per heavy atom. The molecule has 0 aliphatic carbocycles. The van der Waals surface area contributed by atoms with Gasteiger partial charge in [-0.05, 0) is 24.6 Å². The molecule has 0 unspecified atom stereocenters. The van der Waals surface area contributed by atoms with Crippen molar-refractivity contribution >= 4 is 11.8 Å². The van der Waals surface area contributed by atoms with Crippen LogP contribution in [0.15, 0.2) is 48.5 Å². The van der Waals surface area contributed by atoms with Gasteiger partial charge in [0.15, 0.2) is 5.78 Å². The van der Waals surface area contributed by atoms with E-state index in [1.165, 1.54) is 41.7 Å². The number of nitrogens with one attached hydrogen (secondary N) is 2. The predicted molar refractivity (Wildman–Crippen MR) is 92.5 cm³/mol. The van der Waals surface area contributed by atoms with Crippen molar-refractivity contribution in [2.45, 2.75) is 24.9 Å². The molecule has 1 aliphatic rings. The second-order valence-corrected chi connectivity index (χ2v) is 6.64. The zero-order chi connectivity index (χ0) is 20.7. The Bertz CT molecular complexity index is 897. The van der Waals surface area contributed by atoms with E-state index in [1.54, 1.807) is 19.1 Å². The van der Waals surface area contributed by atoms with E-state index < -0.39 is 35.7 Å². The molecule has 2 amide bonds. The number of aromatic hydroxyl groups is 1. The van der Waals surface area contributed by atoms with Gasteiger partial charge in [-0.25, -0.2) is 4.79 Å². The number of alkyl halides is 3. The van der Waals surface area contributed by atoms with Crippen LogP contribution in [0.4, 0.5) is 18.0 Å². The van der Waals surface area contributed by atoms with Crippen LogP contribution >= 0.6 is 0 Å². The molecule has 1 fully saturated rings. The van der Waals surface area contributed by atoms with E-state index in [2.05, 4.69) is 5.32 Å². The van der Waals surface area contributed by atoms with E-state index in [0.29, 0.717) is 0 Å². The van der Waals surface area contributed by atoms with Crippen molar-refractivity contribution in [2.75, 3.05) is 0 Å². The largest absolute Gasteiger partial charge is 0.508 e. The van der Waals surface area contributed by atoms with Crippen LogP contribution < -0.4 is 10.6 Å². The summed E-state index contributed by atoms with van der Waals surface area (Å²) in [4.78, 5) is 24.9. The number of phenolic OH excluding ortho intramolecular Hbond substituents is 1. The van der Waals surface area contributed by atoms with Crippen molar-refractivity contribution in [1.29, 1.82) is 0 Å². The number of Topliss-reactive ketones (excluding diaryl/α,β-unsaturated/α-hetero) is 1. The molecule has 0 bridgehead atoms. The first-order valence-corrected chi connectivity index (χ1v) is 8.30. The van der Waals surface area contributed by atoms with Crippen LogP contribution in [0.2, 0.25) is 0 Å². The van der Waals surface area contributed by atoms with Gasteiger partial charge in [-0.3, -0.25) is 4.79 Å². The summed E-state index contributed by atoms with van der Waals surface area (Å²) in [5.74, 6) is -3.24. The third-order valence-electron chi connectivity index (χ3n) is 4.68. The van der Waals surface area contributed by atoms with Crippen LogP contribution in [0.25, 0.3) is 0 Å². The Hall–Kier alpha value is -3.07. The van der Waals surface area contributed by atoms with Gasteiger partial charge in [0, 0.05) is 5.56 Å². The average molecular weight is 394 g/mol. The van der Waals surface area contributed by atoms with Crippen molar-refractivity contribution in [2.24, 2.45) is 5.92 Å². The molecule has 2 aromatic rings. The van der Waals surface area contributed by atoms with Gasteiger partial charge >= 0.3 is 12.2 Å². The van der Waals surface area contributed by atoms with Crippen molar-refractivity contribution in [3.8, 4) is 5.75 Å². The van der Waals surface area contributed by atoms with Gasteiger partial charge in [0.05, 0.1) is 6.04 Å². The number of rotatable bonds is 3. The van der Waals surface area contributed by atoms with Gasteiger partial charge in [-0.15, -0.1) is 0 Å². The second-order valence-electron chi connectivity index (χ2n) is 6.64. The number of urea groups is 1. The maximum absolute atomic E-state index is 13.8. The van der Waals surface area contributed by atoms with E-state index in [-0.39, 0.29) is 16.9 Å². The summed E-state index contributed by atoms with van der Waals surface area (Å²) in [5, 5.41) is 23.6. The molecular formula is C19H17F3N2O4. The standard InChI is InChI=1S/C19H17F3N2O4/c1-10-2-4-12(5-3-10)16(26)14-15(11-6-8-13(25)9-7-11)23-17(27)24-18(14,28)19(20,21)22/h2-9,14-15,25,28H,1H3,(H2,23,24,27)/t14-,15+,18-/m1/s1. The van der Waals surface area contributed by atoms with E-state index in [9.17, 15) is 33.0 Å². The number of hydrogen-bond acceptors (Lipinski definition) is 4. The maximum atomic E-state index is 13.8. The van der Waals surface area contributed by atoms with Crippen LogP contribution in [0.1, 0.15) is 27.5 Å². The van der Waals surface area contributed by atoms with Gasteiger partial charge in [0.1, 0.15) is 11.7 Å². The number of hydrogen-bond donors (Lipinski definition) is 4. The molecule has 1 saturated heterocycles. The molecule has 3 rings (SSSR count). The van der Waals surface area contributed by atoms with Crippen molar-refractivity contribution in [3.05, 3.63) is 65.2 Å². The van der Waals surface area contributed by atoms with Gasteiger partial charge in [0.25, 0.3) is 0 Å². The van der Waals surface area contributed by atoms with Crippen molar-refractivity contribution in [1.82, 2.24) is 10.6 Å². The topological polar surface area (TPSA) is 98.7 Å². The lowest BCUT2D eigenvalue weighted by atomic mass is 9.77. The van der Waals surface area contributed by atoms with E-state index in [4.69, 9.17) is 0 Å². The molecule has 6 nitrogen and oxygen atoms in total. The number of aliphatic hydroxyl groups is 1. The lowest BCUT2D eigenvalue weighted by Gasteiger charge is -2.45. The highest BCUT2D eigenvalue weighted by molar-refractivity contribution is 6.00. The summed E-state index contributed by atoms with van der Waals surface area (Å²) in [5.41, 5.74) is -2.89. The fourth-order valence-electron chi connectivity index (χ4n) is 3.20. The second kappa shape index (κ2) is 6.83. The van der Waals surface area contributed by atoms with Crippen LogP contribution in [-0.4, -0.2) is 33.9 Å². The molecule has 4 N–H and O–H groups in total. The molecular weight excluding hydrogens is 377 g/mol. The summed E-state index contributed by atoms with van der Waals surface area (Å²) in [6, 6.07) is 8.06. The Balaban J connectivity index is 2.15. The molecule has 0 saturated carbocycles. The van der Waals surface area contributed by atoms with Crippen LogP contribution in [0, 0.1) is 12.8 Å². The summed E-state index contributed by atoms with van der Waals surface area (Å²) in [6.07, 6.45) is -5.31. The number of carbonyl (C=O) groups excluding carboxylic acids is 2. The molecule has 2 aromatic carbocycles. The Morgan fingerprint density at radius 1 is 1.07 bits per heavy atom. The maximum Gasteiger partial charge on any atom is 0.437 e. The summed E-state index contributed by atoms with van der Waals surface area (Å²) >= 11 is 0. The number of carbonyl (C=O) groups is 2. The van der Waals surface area contributed by atoms with Crippen LogP contribution in [-0.2, 0) is 0 Å². The zero-order valence-electron chi connectivity index (χ0n) is 14.6. The molecule has 0 spiro atoms. The highest BCUT2D eigenvalue weighted by Crippen LogP contribution is 2.44. The first-order valence-electron chi connectivity index (χ1n) is 8.30. The molecule has 0 radical (unpaired) electrons. The van der Waals surface area contributed by atoms with Gasteiger partial charge in [-0.1, -0.05) is 42.0 Å². The smallest absolute Gasteiger partial charge is 0.437 e. The lowest BCUT2D eigenvalue weighted by Crippen LogP contribution is -2.72. The Labute approximate surface area is 158 Å². The number of halogens is 3. The number of amides is 2. The third-order valence-corrected chi connectivity index (χ3v) is 4.68. The van der Waals surface area contributed by atoms with Crippen LogP contribution in [0.3, 0.4) is 0 Å². The zero-order valence-corrected chi connectivity index (χ0v) is 14.6. The van der Waals surface area contributed by atoms with E-state index >= 15 is 0 Å². The highest BCUT2D eigenvalue weighted by Gasteiger charge is 2.66. The van der Waals surface area contributed by atoms with Crippen LogP contribution in [0.5, 0.6) is 5.75 Å². The minimum Gasteiger partial charge on any atom is -0.508 e. The number of aryl methyl sites for hydroxylation is 1. The SMILES string of the molecule is Cc1ccc(C(=O)[C@H]2[C@H](c3ccc(O)cc3)NC(=O)N[C@]2(O)C(F)(F)F)cc1. The Kier molecular flexibility index (Phi) is 4.80. The minimum absolute atomic E-state index is 0.0417. The molecule has 148 valence electrons. The van der Waals surface area contributed by atoms with E-state index in [1.807, 2.05) is 0 Å². The normalized spacial score (nSPS) is 25.0. The first-order chi connectivity index (χ1) is 13.0. The summed E-state index contributed by atoms with van der Waals surface area (Å²) in [7, 11) is 0. The van der Waals surface area contributed by atoms with Gasteiger partial charge in [-0.2, -0.15) is 13.2 Å². The molecule has 0 aromatic heterocycles. The molecule has 1 heterocycles. The summed E-state index contributed by atoms with van der Waals surface area (Å²) < 4.78 is 41.3. The Morgan fingerprint density at radius 3 is 2.18 bits per heavy atom. The fourth-order valence-corrected chi connectivity index (χ4v) is 3.20. The van der Waals surface area contributed by atoms with Gasteiger partial charge in [0.2, 0.25) is 5.72 Å². The third kappa shape index (κ3) is 3.40. The minimum atomic E-state index is -5.31. The van der Waals surface area contributed by atoms with Gasteiger partial charge < -0.3 is 20.8 Å². The number of benzene rings is 2. The first kappa shape index (κ1) is 19.7. The van der Waals surface area contributed by atoms with Crippen molar-refractivity contribution < 1.29 is 33.0 Å². The molecule has 1 aliphatic heterocycles. The lowest BCUT2D eigenvalue weighted by molar-refractivity contribution is -0.287. The number of phenols is 1. The quantitative estimate of drug-likeness (QED) is 0.602. The molecule has 28 heavy (non-hydrogen) atoms. The molecule has 3 atom stereocenters. The van der Waals surface area contributed by atoms with Crippen molar-refractivity contribution in [3.63, 3.8) is 0 Å². The van der Waals surface area contributed by atoms with E-state index in [0.717, 1.165) is 5.56 Å². The monoisotopic (exact) mass is 394 g/mol.